The molecule has 0 aromatic heterocycles. The maximum absolute atomic E-state index is 13.0. The summed E-state index contributed by atoms with van der Waals surface area (Å²) in [5.74, 6) is -0.310. The summed E-state index contributed by atoms with van der Waals surface area (Å²) < 4.78 is 25.0. The van der Waals surface area contributed by atoms with Crippen molar-refractivity contribution in [3.63, 3.8) is 0 Å². The molecule has 0 saturated carbocycles. The second-order valence-electron chi connectivity index (χ2n) is 5.33. The number of likely N-dealkylation sites (N-methyl/N-ethyl adjacent to an activating group) is 2. The van der Waals surface area contributed by atoms with Crippen LogP contribution in [0, 0.1) is 0 Å². The molecule has 0 N–H and O–H groups in total. The quantitative estimate of drug-likeness (QED) is 0.844. The zero-order chi connectivity index (χ0) is 17.0. The van der Waals surface area contributed by atoms with Crippen LogP contribution in [0.5, 0.6) is 0 Å². The molecule has 0 unspecified atom stereocenters. The van der Waals surface area contributed by atoms with Crippen LogP contribution >= 0.6 is 0 Å². The van der Waals surface area contributed by atoms with Gasteiger partial charge in [-0.05, 0) is 17.7 Å². The lowest BCUT2D eigenvalue weighted by molar-refractivity contribution is -0.121. The van der Waals surface area contributed by atoms with E-state index in [0.717, 1.165) is 10.6 Å². The molecule has 0 fully saturated rings. The lowest BCUT2D eigenvalue weighted by Crippen LogP contribution is -2.42. The highest BCUT2D eigenvalue weighted by atomic mass is 32.2. The highest BCUT2D eigenvalue weighted by Crippen LogP contribution is 2.26. The van der Waals surface area contributed by atoms with Crippen molar-refractivity contribution in [3.8, 4) is 0 Å². The van der Waals surface area contributed by atoms with Crippen molar-refractivity contribution < 1.29 is 13.2 Å². The third-order valence-corrected chi connectivity index (χ3v) is 4.97. The minimum Gasteiger partial charge on any atom is -0.314 e. The average Bonchev–Trinajstić information content (AvgIpc) is 2.55. The summed E-state index contributed by atoms with van der Waals surface area (Å²) in [5, 5.41) is 0. The van der Waals surface area contributed by atoms with E-state index in [-0.39, 0.29) is 5.91 Å². The predicted molar refractivity (Wildman–Crippen MR) is 91.6 cm³/mol. The summed E-state index contributed by atoms with van der Waals surface area (Å²) in [6, 6.07) is 17.1. The maximum atomic E-state index is 13.0. The van der Waals surface area contributed by atoms with Gasteiger partial charge in [-0.15, -0.1) is 0 Å². The standard InChI is InChI=1S/C17H20N2O3S/c1-18(15-12-8-5-9-13-15)17(20)16(19(2)23(3,21)22)14-10-6-4-7-11-14/h4-13,16H,1-3H3/t16-/m0/s1. The second kappa shape index (κ2) is 6.93. The third-order valence-electron chi connectivity index (χ3n) is 3.71. The summed E-state index contributed by atoms with van der Waals surface area (Å²) in [6.45, 7) is 0. The molecular weight excluding hydrogens is 312 g/mol. The number of hydrogen-bond acceptors (Lipinski definition) is 3. The second-order valence-corrected chi connectivity index (χ2v) is 7.37. The third kappa shape index (κ3) is 3.97. The van der Waals surface area contributed by atoms with Gasteiger partial charge < -0.3 is 4.90 Å². The van der Waals surface area contributed by atoms with Crippen molar-refractivity contribution in [2.75, 3.05) is 25.3 Å². The number of benzene rings is 2. The van der Waals surface area contributed by atoms with E-state index in [0.29, 0.717) is 11.3 Å². The molecule has 6 heteroatoms. The highest BCUT2D eigenvalue weighted by Gasteiger charge is 2.33. The highest BCUT2D eigenvalue weighted by molar-refractivity contribution is 7.88. The van der Waals surface area contributed by atoms with Crippen molar-refractivity contribution in [2.24, 2.45) is 0 Å². The smallest absolute Gasteiger partial charge is 0.249 e. The molecule has 0 aliphatic carbocycles. The molecule has 0 saturated heterocycles. The van der Waals surface area contributed by atoms with Crippen molar-refractivity contribution in [2.45, 2.75) is 6.04 Å². The van der Waals surface area contributed by atoms with Crippen LogP contribution in [0.3, 0.4) is 0 Å². The van der Waals surface area contributed by atoms with Crippen LogP contribution in [0.2, 0.25) is 0 Å². The molecule has 1 amide bonds. The first-order valence-corrected chi connectivity index (χ1v) is 8.98. The SMILES string of the molecule is CN(C(=O)[C@H](c1ccccc1)N(C)S(C)(=O)=O)c1ccccc1. The maximum Gasteiger partial charge on any atom is 0.249 e. The Balaban J connectivity index is 2.43. The zero-order valence-corrected chi connectivity index (χ0v) is 14.2. The first kappa shape index (κ1) is 17.2. The van der Waals surface area contributed by atoms with Crippen molar-refractivity contribution in [1.29, 1.82) is 0 Å². The first-order chi connectivity index (χ1) is 10.8. The monoisotopic (exact) mass is 332 g/mol. The van der Waals surface area contributed by atoms with E-state index in [2.05, 4.69) is 0 Å². The summed E-state index contributed by atoms with van der Waals surface area (Å²) >= 11 is 0. The van der Waals surface area contributed by atoms with E-state index in [4.69, 9.17) is 0 Å². The van der Waals surface area contributed by atoms with Crippen LogP contribution in [0.1, 0.15) is 11.6 Å². The molecule has 0 aliphatic rings. The van der Waals surface area contributed by atoms with E-state index in [1.165, 1.54) is 11.9 Å². The van der Waals surface area contributed by atoms with Gasteiger partial charge in [-0.25, -0.2) is 8.42 Å². The van der Waals surface area contributed by atoms with Crippen LogP contribution in [0.4, 0.5) is 5.69 Å². The molecular formula is C17H20N2O3S. The van der Waals surface area contributed by atoms with Gasteiger partial charge >= 0.3 is 0 Å². The summed E-state index contributed by atoms with van der Waals surface area (Å²) in [4.78, 5) is 14.4. The Morgan fingerprint density at radius 3 is 1.87 bits per heavy atom. The number of anilines is 1. The molecule has 23 heavy (non-hydrogen) atoms. The Kier molecular flexibility index (Phi) is 5.18. The number of sulfonamides is 1. The number of carbonyl (C=O) groups is 1. The predicted octanol–water partition coefficient (Wildman–Crippen LogP) is 2.28. The number of hydrogen-bond donors (Lipinski definition) is 0. The lowest BCUT2D eigenvalue weighted by atomic mass is 10.1. The normalized spacial score (nSPS) is 12.9. The molecule has 0 aliphatic heterocycles. The topological polar surface area (TPSA) is 57.7 Å². The Bertz CT molecular complexity index is 761. The van der Waals surface area contributed by atoms with Gasteiger partial charge in [-0.3, -0.25) is 4.79 Å². The van der Waals surface area contributed by atoms with Crippen molar-refractivity contribution in [1.82, 2.24) is 4.31 Å². The molecule has 0 spiro atoms. The van der Waals surface area contributed by atoms with Crippen LogP contribution in [-0.4, -0.2) is 39.0 Å². The number of carbonyl (C=O) groups excluding carboxylic acids is 1. The Morgan fingerprint density at radius 2 is 1.39 bits per heavy atom. The number of amides is 1. The molecule has 0 heterocycles. The number of para-hydroxylation sites is 1. The largest absolute Gasteiger partial charge is 0.314 e. The van der Waals surface area contributed by atoms with E-state index in [9.17, 15) is 13.2 Å². The van der Waals surface area contributed by atoms with Gasteiger partial charge in [-0.2, -0.15) is 4.31 Å². The molecule has 122 valence electrons. The Morgan fingerprint density at radius 1 is 0.913 bits per heavy atom. The van der Waals surface area contributed by atoms with Gasteiger partial charge in [0.1, 0.15) is 6.04 Å². The van der Waals surface area contributed by atoms with Gasteiger partial charge in [0.15, 0.2) is 0 Å². The zero-order valence-electron chi connectivity index (χ0n) is 13.4. The molecule has 5 nitrogen and oxygen atoms in total. The van der Waals surface area contributed by atoms with Crippen LogP contribution in [-0.2, 0) is 14.8 Å². The summed E-state index contributed by atoms with van der Waals surface area (Å²) in [6.07, 6.45) is 1.10. The minimum atomic E-state index is -3.53. The average molecular weight is 332 g/mol. The first-order valence-electron chi connectivity index (χ1n) is 7.13. The van der Waals surface area contributed by atoms with Gasteiger partial charge in [0.25, 0.3) is 0 Å². The van der Waals surface area contributed by atoms with Crippen LogP contribution < -0.4 is 4.90 Å². The number of nitrogens with zero attached hydrogens (tertiary/aromatic N) is 2. The Labute approximate surface area is 137 Å². The lowest BCUT2D eigenvalue weighted by Gasteiger charge is -2.29. The fourth-order valence-corrected chi connectivity index (χ4v) is 2.89. The molecule has 1 atom stereocenters. The van der Waals surface area contributed by atoms with Crippen LogP contribution in [0.15, 0.2) is 60.7 Å². The fourth-order valence-electron chi connectivity index (χ4n) is 2.30. The van der Waals surface area contributed by atoms with E-state index < -0.39 is 16.1 Å². The van der Waals surface area contributed by atoms with Gasteiger partial charge in [-0.1, -0.05) is 48.5 Å². The molecule has 2 aromatic rings. The van der Waals surface area contributed by atoms with E-state index in [1.54, 1.807) is 43.4 Å². The minimum absolute atomic E-state index is 0.310. The van der Waals surface area contributed by atoms with E-state index >= 15 is 0 Å². The van der Waals surface area contributed by atoms with E-state index in [1.807, 2.05) is 24.3 Å². The van der Waals surface area contributed by atoms with Gasteiger partial charge in [0.05, 0.1) is 6.26 Å². The van der Waals surface area contributed by atoms with Crippen molar-refractivity contribution in [3.05, 3.63) is 66.2 Å². The molecule has 2 rings (SSSR count). The van der Waals surface area contributed by atoms with Gasteiger partial charge in [0, 0.05) is 19.8 Å². The Hall–Kier alpha value is -2.18. The molecule has 0 radical (unpaired) electrons. The van der Waals surface area contributed by atoms with Crippen LogP contribution in [0.25, 0.3) is 0 Å². The molecule has 2 aromatic carbocycles. The van der Waals surface area contributed by atoms with Crippen molar-refractivity contribution >= 4 is 21.6 Å². The summed E-state index contributed by atoms with van der Waals surface area (Å²) in [7, 11) is -0.462. The molecule has 0 bridgehead atoms. The van der Waals surface area contributed by atoms with Gasteiger partial charge in [0.2, 0.25) is 15.9 Å². The summed E-state index contributed by atoms with van der Waals surface area (Å²) in [5.41, 5.74) is 1.34. The number of rotatable bonds is 5. The fraction of sp³-hybridized carbons (Fsp3) is 0.235.